The molecular formula is C50H34N4O. The van der Waals surface area contributed by atoms with Crippen LogP contribution in [0, 0.1) is 0 Å². The number of furan rings is 1. The van der Waals surface area contributed by atoms with Gasteiger partial charge in [0.05, 0.1) is 5.56 Å². The van der Waals surface area contributed by atoms with E-state index < -0.39 is 0 Å². The molecular weight excluding hydrogens is 673 g/mol. The number of nitrogens with one attached hydrogen (secondary N) is 2. The quantitative estimate of drug-likeness (QED) is 0.175. The molecule has 55 heavy (non-hydrogen) atoms. The van der Waals surface area contributed by atoms with E-state index in [-0.39, 0.29) is 6.17 Å². The second-order valence-corrected chi connectivity index (χ2v) is 14.2. The van der Waals surface area contributed by atoms with Crippen molar-refractivity contribution in [2.24, 2.45) is 9.98 Å². The molecule has 0 bridgehead atoms. The Labute approximate surface area is 318 Å². The Bertz CT molecular complexity index is 3060. The maximum absolute atomic E-state index is 6.49. The van der Waals surface area contributed by atoms with Crippen molar-refractivity contribution >= 4 is 66.4 Å². The molecule has 0 amide bonds. The molecule has 0 saturated heterocycles. The van der Waals surface area contributed by atoms with Crippen molar-refractivity contribution in [2.75, 3.05) is 11.9 Å². The molecule has 5 nitrogen and oxygen atoms in total. The summed E-state index contributed by atoms with van der Waals surface area (Å²) in [5, 5.41) is 14.5. The van der Waals surface area contributed by atoms with Gasteiger partial charge in [-0.1, -0.05) is 152 Å². The molecule has 1 unspecified atom stereocenters. The van der Waals surface area contributed by atoms with Gasteiger partial charge in [0.2, 0.25) is 0 Å². The van der Waals surface area contributed by atoms with Gasteiger partial charge in [-0.3, -0.25) is 0 Å². The maximum atomic E-state index is 6.49. The van der Waals surface area contributed by atoms with Crippen molar-refractivity contribution in [3.05, 3.63) is 204 Å². The lowest BCUT2D eigenvalue weighted by Crippen LogP contribution is -2.33. The Morgan fingerprint density at radius 3 is 2.20 bits per heavy atom. The fourth-order valence-corrected chi connectivity index (χ4v) is 8.28. The second-order valence-electron chi connectivity index (χ2n) is 14.2. The van der Waals surface area contributed by atoms with Gasteiger partial charge in [-0.25, -0.2) is 9.98 Å². The molecule has 3 heterocycles. The van der Waals surface area contributed by atoms with E-state index >= 15 is 0 Å². The number of hydrogen-bond donors (Lipinski definition) is 2. The predicted octanol–water partition coefficient (Wildman–Crippen LogP) is 11.9. The number of fused-ring (bicyclic) bond motifs is 8. The molecule has 11 rings (SSSR count). The minimum absolute atomic E-state index is 0.379. The molecule has 9 aromatic rings. The van der Waals surface area contributed by atoms with E-state index in [4.69, 9.17) is 14.4 Å². The number of rotatable bonds is 5. The number of para-hydroxylation sites is 2. The summed E-state index contributed by atoms with van der Waals surface area (Å²) in [7, 11) is 0. The summed E-state index contributed by atoms with van der Waals surface area (Å²) in [5.74, 6) is 1.39. The van der Waals surface area contributed by atoms with Crippen molar-refractivity contribution in [3.8, 4) is 11.1 Å². The highest BCUT2D eigenvalue weighted by Gasteiger charge is 2.25. The highest BCUT2D eigenvalue weighted by atomic mass is 16.3. The molecule has 0 saturated carbocycles. The highest BCUT2D eigenvalue weighted by Crippen LogP contribution is 2.41. The maximum Gasteiger partial charge on any atom is 0.159 e. The molecule has 1 aromatic heterocycles. The minimum atomic E-state index is -0.379. The molecule has 2 aliphatic heterocycles. The van der Waals surface area contributed by atoms with Gasteiger partial charge in [-0.05, 0) is 73.6 Å². The molecule has 0 fully saturated rings. The third-order valence-electron chi connectivity index (χ3n) is 10.9. The Hall–Kier alpha value is -7.24. The first-order valence-electron chi connectivity index (χ1n) is 18.7. The molecule has 8 aromatic carbocycles. The number of amidine groups is 2. The Morgan fingerprint density at radius 2 is 1.29 bits per heavy atom. The van der Waals surface area contributed by atoms with E-state index in [1.165, 1.54) is 38.2 Å². The van der Waals surface area contributed by atoms with E-state index in [0.29, 0.717) is 5.84 Å². The molecule has 0 spiro atoms. The van der Waals surface area contributed by atoms with Crippen LogP contribution in [-0.2, 0) is 0 Å². The summed E-state index contributed by atoms with van der Waals surface area (Å²) in [6.45, 7) is 0.771. The van der Waals surface area contributed by atoms with Gasteiger partial charge in [-0.2, -0.15) is 0 Å². The van der Waals surface area contributed by atoms with Crippen LogP contribution in [-0.4, -0.2) is 18.2 Å². The largest absolute Gasteiger partial charge is 0.455 e. The van der Waals surface area contributed by atoms with E-state index in [1.807, 2.05) is 24.3 Å². The van der Waals surface area contributed by atoms with Gasteiger partial charge in [0.15, 0.2) is 5.84 Å². The van der Waals surface area contributed by atoms with Crippen LogP contribution in [0.4, 0.5) is 5.69 Å². The number of aliphatic imine (C=N–C) groups is 2. The molecule has 1 atom stereocenters. The zero-order valence-corrected chi connectivity index (χ0v) is 29.8. The monoisotopic (exact) mass is 706 g/mol. The predicted molar refractivity (Wildman–Crippen MR) is 228 cm³/mol. The smallest absolute Gasteiger partial charge is 0.159 e. The van der Waals surface area contributed by atoms with Crippen molar-refractivity contribution in [1.82, 2.24) is 5.32 Å². The van der Waals surface area contributed by atoms with Crippen LogP contribution in [0.25, 0.3) is 60.2 Å². The first-order valence-corrected chi connectivity index (χ1v) is 18.7. The lowest BCUT2D eigenvalue weighted by Gasteiger charge is -2.25. The summed E-state index contributed by atoms with van der Waals surface area (Å²) >= 11 is 0. The van der Waals surface area contributed by atoms with Crippen LogP contribution in [0.2, 0.25) is 0 Å². The third kappa shape index (κ3) is 5.32. The second kappa shape index (κ2) is 12.7. The van der Waals surface area contributed by atoms with E-state index in [0.717, 1.165) is 67.8 Å². The number of nitrogens with zero attached hydrogens (tertiary/aromatic N) is 2. The van der Waals surface area contributed by atoms with Crippen LogP contribution >= 0.6 is 0 Å². The Balaban J connectivity index is 1.02. The van der Waals surface area contributed by atoms with Gasteiger partial charge in [0.1, 0.15) is 23.2 Å². The molecule has 2 aliphatic rings. The molecule has 0 aliphatic carbocycles. The van der Waals surface area contributed by atoms with E-state index in [1.54, 1.807) is 0 Å². The number of anilines is 1. The molecule has 0 radical (unpaired) electrons. The fourth-order valence-electron chi connectivity index (χ4n) is 8.28. The van der Waals surface area contributed by atoms with Crippen LogP contribution in [0.1, 0.15) is 34.0 Å². The normalized spacial score (nSPS) is 15.3. The van der Waals surface area contributed by atoms with Crippen LogP contribution < -0.4 is 10.6 Å². The van der Waals surface area contributed by atoms with Crippen LogP contribution in [0.5, 0.6) is 0 Å². The highest BCUT2D eigenvalue weighted by molar-refractivity contribution is 6.20. The van der Waals surface area contributed by atoms with Gasteiger partial charge in [0, 0.05) is 34.1 Å². The van der Waals surface area contributed by atoms with E-state index in [2.05, 4.69) is 162 Å². The Morgan fingerprint density at radius 1 is 0.564 bits per heavy atom. The van der Waals surface area contributed by atoms with Gasteiger partial charge < -0.3 is 15.1 Å². The summed E-state index contributed by atoms with van der Waals surface area (Å²) < 4.78 is 6.49. The van der Waals surface area contributed by atoms with Crippen molar-refractivity contribution < 1.29 is 4.42 Å². The van der Waals surface area contributed by atoms with Crippen molar-refractivity contribution in [3.63, 3.8) is 0 Å². The number of hydrogen-bond acceptors (Lipinski definition) is 5. The fraction of sp³-hybridized carbons (Fsp3) is 0.0400. The van der Waals surface area contributed by atoms with Crippen molar-refractivity contribution in [2.45, 2.75) is 6.17 Å². The first kappa shape index (κ1) is 31.3. The zero-order chi connectivity index (χ0) is 36.3. The minimum Gasteiger partial charge on any atom is -0.455 e. The van der Waals surface area contributed by atoms with Crippen molar-refractivity contribution in [1.29, 1.82) is 0 Å². The zero-order valence-electron chi connectivity index (χ0n) is 29.8. The SMILES string of the molecule is C1=C(c2ccc(C3N=C(c4cccc(-c5ccccc5)c4)N=C(c4cccc5c4oc4ccccc45)N3)cc2)c2c(ccc3ccc4ccccc4c23)NC1. The number of benzene rings is 8. The summed E-state index contributed by atoms with van der Waals surface area (Å²) in [6.07, 6.45) is 1.93. The average Bonchev–Trinajstić information content (AvgIpc) is 3.65. The molecule has 2 N–H and O–H groups in total. The van der Waals surface area contributed by atoms with E-state index in [9.17, 15) is 0 Å². The Kier molecular flexibility index (Phi) is 7.24. The van der Waals surface area contributed by atoms with Gasteiger partial charge in [-0.15, -0.1) is 0 Å². The molecule has 260 valence electrons. The topological polar surface area (TPSA) is 61.9 Å². The lowest BCUT2D eigenvalue weighted by atomic mass is 9.87. The lowest BCUT2D eigenvalue weighted by molar-refractivity contribution is 0.659. The van der Waals surface area contributed by atoms with Crippen LogP contribution in [0.3, 0.4) is 0 Å². The summed E-state index contributed by atoms with van der Waals surface area (Å²) in [5.41, 5.74) is 11.6. The summed E-state index contributed by atoms with van der Waals surface area (Å²) in [4.78, 5) is 10.5. The first-order chi connectivity index (χ1) is 27.2. The average molecular weight is 707 g/mol. The van der Waals surface area contributed by atoms with Crippen LogP contribution in [0.15, 0.2) is 190 Å². The van der Waals surface area contributed by atoms with Gasteiger partial charge >= 0.3 is 0 Å². The standard InChI is InChI=1S/C50H34N4O/c1-2-10-31(11-3-1)36-13-8-14-37(30-36)49-52-48(53-50(54-49)42-18-9-17-41-40-16-6-7-19-44(40)55-47(41)42)35-24-21-33(22-25-35)39-28-29-51-43-27-26-34-23-20-32-12-4-5-15-38(32)45(34)46(39)43/h1-28,30,48,51H,29H2,(H,52,53,54). The third-order valence-corrected chi connectivity index (χ3v) is 10.9. The van der Waals surface area contributed by atoms with Gasteiger partial charge in [0.25, 0.3) is 0 Å². The summed E-state index contributed by atoms with van der Waals surface area (Å²) in [6, 6.07) is 59.8. The molecule has 5 heteroatoms.